The van der Waals surface area contributed by atoms with E-state index in [1.165, 1.54) is 41.8 Å². The summed E-state index contributed by atoms with van der Waals surface area (Å²) in [4.78, 5) is 31.1. The first-order valence-electron chi connectivity index (χ1n) is 8.25. The average molecular weight is 396 g/mol. The van der Waals surface area contributed by atoms with Crippen LogP contribution in [0.1, 0.15) is 20.8 Å². The second kappa shape index (κ2) is 7.20. The fraction of sp³-hybridized carbons (Fsp3) is 0.0526. The zero-order valence-corrected chi connectivity index (χ0v) is 15.1. The van der Waals surface area contributed by atoms with E-state index in [1.807, 2.05) is 0 Å². The van der Waals surface area contributed by atoms with E-state index < -0.39 is 10.8 Å². The minimum absolute atomic E-state index is 0.0861. The SMILES string of the molecule is O=C(Nc1ncc(Cc2ccc(F)cc2)s1)c1c[nH]c2ccc([N+](=O)[O-])cc12. The number of nitrogens with one attached hydrogen (secondary N) is 2. The molecule has 0 fully saturated rings. The number of H-pyrrole nitrogens is 1. The summed E-state index contributed by atoms with van der Waals surface area (Å²) in [7, 11) is 0. The molecule has 0 unspecified atom stereocenters. The summed E-state index contributed by atoms with van der Waals surface area (Å²) in [5.74, 6) is -0.700. The van der Waals surface area contributed by atoms with E-state index in [-0.39, 0.29) is 11.5 Å². The van der Waals surface area contributed by atoms with Crippen molar-refractivity contribution in [2.45, 2.75) is 6.42 Å². The maximum atomic E-state index is 13.0. The van der Waals surface area contributed by atoms with Crippen LogP contribution in [0.15, 0.2) is 54.9 Å². The van der Waals surface area contributed by atoms with Crippen LogP contribution in [0.3, 0.4) is 0 Å². The maximum Gasteiger partial charge on any atom is 0.270 e. The lowest BCUT2D eigenvalue weighted by molar-refractivity contribution is -0.384. The van der Waals surface area contributed by atoms with Gasteiger partial charge in [-0.1, -0.05) is 12.1 Å². The van der Waals surface area contributed by atoms with E-state index in [1.54, 1.807) is 24.4 Å². The summed E-state index contributed by atoms with van der Waals surface area (Å²) in [6.45, 7) is 0. The molecular formula is C19H13FN4O3S. The van der Waals surface area contributed by atoms with E-state index in [0.29, 0.717) is 28.0 Å². The molecule has 0 radical (unpaired) electrons. The molecule has 0 saturated carbocycles. The Hall–Kier alpha value is -3.59. The number of amides is 1. The Morgan fingerprint density at radius 2 is 2.04 bits per heavy atom. The minimum Gasteiger partial charge on any atom is -0.360 e. The molecule has 0 aliphatic heterocycles. The van der Waals surface area contributed by atoms with Gasteiger partial charge in [0.15, 0.2) is 5.13 Å². The molecule has 0 bridgehead atoms. The van der Waals surface area contributed by atoms with Crippen LogP contribution < -0.4 is 5.32 Å². The molecule has 0 spiro atoms. The first kappa shape index (κ1) is 17.8. The molecule has 9 heteroatoms. The van der Waals surface area contributed by atoms with Gasteiger partial charge in [-0.05, 0) is 23.8 Å². The second-order valence-corrected chi connectivity index (χ2v) is 7.19. The second-order valence-electron chi connectivity index (χ2n) is 6.08. The minimum atomic E-state index is -0.503. The highest BCUT2D eigenvalue weighted by Gasteiger charge is 2.17. The predicted octanol–water partition coefficient (Wildman–Crippen LogP) is 4.51. The van der Waals surface area contributed by atoms with Gasteiger partial charge in [0, 0.05) is 46.7 Å². The van der Waals surface area contributed by atoms with E-state index in [2.05, 4.69) is 15.3 Å². The number of nitrogens with zero attached hydrogens (tertiary/aromatic N) is 2. The number of rotatable bonds is 5. The number of anilines is 1. The summed E-state index contributed by atoms with van der Waals surface area (Å²) in [6, 6.07) is 10.5. The number of benzene rings is 2. The Kier molecular flexibility index (Phi) is 4.58. The average Bonchev–Trinajstić information content (AvgIpc) is 3.29. The number of aromatic nitrogens is 2. The summed E-state index contributed by atoms with van der Waals surface area (Å²) < 4.78 is 13.0. The van der Waals surface area contributed by atoms with Crippen molar-refractivity contribution in [2.24, 2.45) is 0 Å². The third-order valence-corrected chi connectivity index (χ3v) is 5.10. The Balaban J connectivity index is 1.52. The first-order chi connectivity index (χ1) is 13.5. The van der Waals surface area contributed by atoms with Crippen LogP contribution >= 0.6 is 11.3 Å². The molecule has 2 heterocycles. The fourth-order valence-corrected chi connectivity index (χ4v) is 3.67. The number of halogens is 1. The number of fused-ring (bicyclic) bond motifs is 1. The molecule has 0 saturated heterocycles. The summed E-state index contributed by atoms with van der Waals surface area (Å²) >= 11 is 1.32. The summed E-state index contributed by atoms with van der Waals surface area (Å²) in [5.41, 5.74) is 1.78. The van der Waals surface area contributed by atoms with Crippen molar-refractivity contribution in [3.05, 3.63) is 86.8 Å². The van der Waals surface area contributed by atoms with Gasteiger partial charge >= 0.3 is 0 Å². The van der Waals surface area contributed by atoms with Gasteiger partial charge in [0.2, 0.25) is 0 Å². The Morgan fingerprint density at radius 1 is 1.25 bits per heavy atom. The number of nitro groups is 1. The number of aromatic amines is 1. The molecule has 2 aromatic carbocycles. The molecule has 2 N–H and O–H groups in total. The molecule has 0 aliphatic carbocycles. The van der Waals surface area contributed by atoms with Crippen LogP contribution in [-0.4, -0.2) is 20.8 Å². The van der Waals surface area contributed by atoms with Crippen LogP contribution in [0.2, 0.25) is 0 Å². The topological polar surface area (TPSA) is 101 Å². The summed E-state index contributed by atoms with van der Waals surface area (Å²) in [5, 5.41) is 14.6. The van der Waals surface area contributed by atoms with Gasteiger partial charge < -0.3 is 4.98 Å². The number of non-ortho nitro benzene ring substituents is 1. The van der Waals surface area contributed by atoms with E-state index in [4.69, 9.17) is 0 Å². The highest BCUT2D eigenvalue weighted by Crippen LogP contribution is 2.26. The zero-order chi connectivity index (χ0) is 19.7. The molecule has 7 nitrogen and oxygen atoms in total. The molecule has 28 heavy (non-hydrogen) atoms. The lowest BCUT2D eigenvalue weighted by Crippen LogP contribution is -2.11. The number of hydrogen-bond acceptors (Lipinski definition) is 5. The zero-order valence-electron chi connectivity index (χ0n) is 14.3. The normalized spacial score (nSPS) is 10.9. The number of thiazole rings is 1. The number of carbonyl (C=O) groups excluding carboxylic acids is 1. The van der Waals surface area contributed by atoms with Crippen LogP contribution in [0.5, 0.6) is 0 Å². The molecule has 1 amide bonds. The molecule has 4 aromatic rings. The number of nitro benzene ring substituents is 1. The maximum absolute atomic E-state index is 13.0. The van der Waals surface area contributed by atoms with E-state index in [9.17, 15) is 19.3 Å². The molecular weight excluding hydrogens is 383 g/mol. The quantitative estimate of drug-likeness (QED) is 0.383. The van der Waals surface area contributed by atoms with E-state index >= 15 is 0 Å². The Labute approximate surface area is 162 Å². The fourth-order valence-electron chi connectivity index (χ4n) is 2.82. The van der Waals surface area contributed by atoms with Gasteiger partial charge in [0.1, 0.15) is 5.82 Å². The summed E-state index contributed by atoms with van der Waals surface area (Å²) in [6.07, 6.45) is 3.74. The molecule has 2 aromatic heterocycles. The van der Waals surface area contributed by atoms with Crippen LogP contribution in [0.25, 0.3) is 10.9 Å². The monoisotopic (exact) mass is 396 g/mol. The van der Waals surface area contributed by atoms with Crippen molar-refractivity contribution in [1.82, 2.24) is 9.97 Å². The van der Waals surface area contributed by atoms with Gasteiger partial charge in [0.25, 0.3) is 11.6 Å². The van der Waals surface area contributed by atoms with Gasteiger partial charge in [-0.3, -0.25) is 20.2 Å². The van der Waals surface area contributed by atoms with Crippen molar-refractivity contribution in [3.8, 4) is 0 Å². The van der Waals surface area contributed by atoms with Gasteiger partial charge in [-0.25, -0.2) is 9.37 Å². The first-order valence-corrected chi connectivity index (χ1v) is 9.07. The molecule has 4 rings (SSSR count). The van der Waals surface area contributed by atoms with Crippen LogP contribution in [-0.2, 0) is 6.42 Å². The highest BCUT2D eigenvalue weighted by molar-refractivity contribution is 7.15. The van der Waals surface area contributed by atoms with Crippen molar-refractivity contribution < 1.29 is 14.1 Å². The third kappa shape index (κ3) is 3.60. The number of carbonyl (C=O) groups is 1. The Morgan fingerprint density at radius 3 is 2.79 bits per heavy atom. The third-order valence-electron chi connectivity index (χ3n) is 4.19. The van der Waals surface area contributed by atoms with Gasteiger partial charge in [-0.15, -0.1) is 11.3 Å². The molecule has 0 atom stereocenters. The molecule has 0 aliphatic rings. The lowest BCUT2D eigenvalue weighted by Gasteiger charge is -2.00. The van der Waals surface area contributed by atoms with Crippen molar-refractivity contribution in [2.75, 3.05) is 5.32 Å². The predicted molar refractivity (Wildman–Crippen MR) is 104 cm³/mol. The van der Waals surface area contributed by atoms with Crippen LogP contribution in [0, 0.1) is 15.9 Å². The van der Waals surface area contributed by atoms with E-state index in [0.717, 1.165) is 10.4 Å². The van der Waals surface area contributed by atoms with Crippen LogP contribution in [0.4, 0.5) is 15.2 Å². The standard InChI is InChI=1S/C19H13FN4O3S/c20-12-3-1-11(2-4-12)7-14-9-22-19(28-14)23-18(25)16-10-21-17-6-5-13(24(26)27)8-15(16)17/h1-6,8-10,21H,7H2,(H,22,23,25). The largest absolute Gasteiger partial charge is 0.360 e. The Bertz CT molecular complexity index is 1180. The highest BCUT2D eigenvalue weighted by atomic mass is 32.1. The van der Waals surface area contributed by atoms with Crippen molar-refractivity contribution in [1.29, 1.82) is 0 Å². The van der Waals surface area contributed by atoms with Gasteiger partial charge in [-0.2, -0.15) is 0 Å². The number of hydrogen-bond donors (Lipinski definition) is 2. The van der Waals surface area contributed by atoms with Gasteiger partial charge in [0.05, 0.1) is 10.5 Å². The molecule has 140 valence electrons. The smallest absolute Gasteiger partial charge is 0.270 e. The lowest BCUT2D eigenvalue weighted by atomic mass is 10.1. The van der Waals surface area contributed by atoms with Crippen molar-refractivity contribution >= 4 is 39.0 Å². The van der Waals surface area contributed by atoms with Crippen molar-refractivity contribution in [3.63, 3.8) is 0 Å².